The number of ether oxygens (including phenoxy) is 2. The van der Waals surface area contributed by atoms with E-state index < -0.39 is 0 Å². The molecule has 0 aliphatic carbocycles. The Morgan fingerprint density at radius 3 is 2.95 bits per heavy atom. The maximum atomic E-state index is 13.0. The Morgan fingerprint density at radius 2 is 2.23 bits per heavy atom. The number of nitrogens with zero attached hydrogens (tertiary/aromatic N) is 2. The Labute approximate surface area is 133 Å². The zero-order chi connectivity index (χ0) is 14.7. The molecule has 1 aliphatic heterocycles. The summed E-state index contributed by atoms with van der Waals surface area (Å²) >= 11 is 0. The van der Waals surface area contributed by atoms with Crippen LogP contribution in [0.25, 0.3) is 0 Å². The molecule has 0 saturated carbocycles. The summed E-state index contributed by atoms with van der Waals surface area (Å²) in [6, 6.07) is 5.89. The van der Waals surface area contributed by atoms with Gasteiger partial charge in [0.15, 0.2) is 6.61 Å². The van der Waals surface area contributed by atoms with E-state index in [0.717, 1.165) is 12.8 Å². The first-order valence-corrected chi connectivity index (χ1v) is 6.81. The van der Waals surface area contributed by atoms with Crippen molar-refractivity contribution in [3.63, 3.8) is 0 Å². The Bertz CT molecular complexity index is 611. The van der Waals surface area contributed by atoms with Crippen LogP contribution in [0.15, 0.2) is 28.8 Å². The summed E-state index contributed by atoms with van der Waals surface area (Å²) in [6.07, 6.45) is 1.55. The highest BCUT2D eigenvalue weighted by Gasteiger charge is 2.29. The molecule has 1 fully saturated rings. The molecule has 2 atom stereocenters. The maximum absolute atomic E-state index is 13.0. The molecule has 0 spiro atoms. The van der Waals surface area contributed by atoms with Crippen LogP contribution >= 0.6 is 12.4 Å². The lowest BCUT2D eigenvalue weighted by atomic mass is 10.2. The summed E-state index contributed by atoms with van der Waals surface area (Å²) in [4.78, 5) is 4.24. The molecule has 1 aromatic carbocycles. The van der Waals surface area contributed by atoms with Crippen molar-refractivity contribution in [3.05, 3.63) is 41.8 Å². The van der Waals surface area contributed by atoms with Gasteiger partial charge in [0.1, 0.15) is 17.7 Å². The Hall–Kier alpha value is -1.70. The van der Waals surface area contributed by atoms with Crippen molar-refractivity contribution >= 4 is 12.4 Å². The van der Waals surface area contributed by atoms with Crippen molar-refractivity contribution in [1.82, 2.24) is 10.1 Å². The van der Waals surface area contributed by atoms with Crippen LogP contribution in [0.5, 0.6) is 5.75 Å². The highest BCUT2D eigenvalue weighted by Crippen LogP contribution is 2.31. The number of nitrogens with two attached hydrogens (primary N) is 1. The van der Waals surface area contributed by atoms with Gasteiger partial charge < -0.3 is 19.7 Å². The molecule has 0 radical (unpaired) electrons. The molecule has 120 valence electrons. The van der Waals surface area contributed by atoms with E-state index in [0.29, 0.717) is 24.0 Å². The number of hydrogen-bond acceptors (Lipinski definition) is 6. The van der Waals surface area contributed by atoms with E-state index in [-0.39, 0.29) is 37.0 Å². The summed E-state index contributed by atoms with van der Waals surface area (Å²) < 4.78 is 29.3. The zero-order valence-electron chi connectivity index (χ0n) is 11.8. The summed E-state index contributed by atoms with van der Waals surface area (Å²) in [6.45, 7) is 0.597. The van der Waals surface area contributed by atoms with Gasteiger partial charge in [-0.05, 0) is 25.0 Å². The molecule has 1 aliphatic rings. The fourth-order valence-corrected chi connectivity index (χ4v) is 2.22. The molecular weight excluding hydrogens is 313 g/mol. The normalized spacial score (nSPS) is 20.6. The first-order valence-electron chi connectivity index (χ1n) is 6.81. The monoisotopic (exact) mass is 329 g/mol. The molecule has 0 bridgehead atoms. The third-order valence-electron chi connectivity index (χ3n) is 3.29. The predicted octanol–water partition coefficient (Wildman–Crippen LogP) is 2.39. The third-order valence-corrected chi connectivity index (χ3v) is 3.29. The van der Waals surface area contributed by atoms with Crippen LogP contribution in [0.1, 0.15) is 30.7 Å². The molecule has 1 aromatic heterocycles. The SMILES string of the molecule is Cl.NC[C@H]1CC[C@@H](c2nc(COc3cccc(F)c3)no2)O1. The van der Waals surface area contributed by atoms with Crippen molar-refractivity contribution < 1.29 is 18.4 Å². The molecule has 1 saturated heterocycles. The third kappa shape index (κ3) is 3.94. The topological polar surface area (TPSA) is 83.4 Å². The van der Waals surface area contributed by atoms with Gasteiger partial charge >= 0.3 is 0 Å². The highest BCUT2D eigenvalue weighted by molar-refractivity contribution is 5.85. The average Bonchev–Trinajstić information content (AvgIpc) is 3.14. The van der Waals surface area contributed by atoms with Crippen LogP contribution in [0, 0.1) is 5.82 Å². The quantitative estimate of drug-likeness (QED) is 0.906. The van der Waals surface area contributed by atoms with Crippen molar-refractivity contribution in [3.8, 4) is 5.75 Å². The van der Waals surface area contributed by atoms with E-state index in [1.165, 1.54) is 12.1 Å². The van der Waals surface area contributed by atoms with E-state index in [1.807, 2.05) is 0 Å². The largest absolute Gasteiger partial charge is 0.485 e. The molecule has 22 heavy (non-hydrogen) atoms. The number of benzene rings is 1. The Kier molecular flexibility index (Phi) is 5.70. The van der Waals surface area contributed by atoms with Gasteiger partial charge in [-0.1, -0.05) is 11.2 Å². The average molecular weight is 330 g/mol. The molecule has 2 aromatic rings. The first-order chi connectivity index (χ1) is 10.2. The Morgan fingerprint density at radius 1 is 1.36 bits per heavy atom. The van der Waals surface area contributed by atoms with Crippen LogP contribution in [-0.2, 0) is 11.3 Å². The van der Waals surface area contributed by atoms with Crippen LogP contribution in [0.2, 0.25) is 0 Å². The van der Waals surface area contributed by atoms with Crippen molar-refractivity contribution in [2.75, 3.05) is 6.54 Å². The van der Waals surface area contributed by atoms with E-state index in [4.69, 9.17) is 19.7 Å². The van der Waals surface area contributed by atoms with Gasteiger partial charge in [0, 0.05) is 12.6 Å². The molecule has 0 amide bonds. The minimum atomic E-state index is -0.353. The standard InChI is InChI=1S/C14H16FN3O3.ClH/c15-9-2-1-3-10(6-9)19-8-13-17-14(21-18-13)12-5-4-11(7-16)20-12;/h1-3,6,11-12H,4-5,7-8,16H2;1H/t11-,12+;/m1./s1. The molecular formula is C14H17ClFN3O3. The summed E-state index contributed by atoms with van der Waals surface area (Å²) in [7, 11) is 0. The van der Waals surface area contributed by atoms with Crippen molar-refractivity contribution in [1.29, 1.82) is 0 Å². The fourth-order valence-electron chi connectivity index (χ4n) is 2.22. The number of hydrogen-bond donors (Lipinski definition) is 1. The van der Waals surface area contributed by atoms with Gasteiger partial charge in [-0.3, -0.25) is 0 Å². The first kappa shape index (κ1) is 16.7. The van der Waals surface area contributed by atoms with Crippen molar-refractivity contribution in [2.45, 2.75) is 31.7 Å². The fraction of sp³-hybridized carbons (Fsp3) is 0.429. The lowest BCUT2D eigenvalue weighted by molar-refractivity contribution is 0.0307. The zero-order valence-corrected chi connectivity index (χ0v) is 12.6. The molecule has 2 N–H and O–H groups in total. The summed E-state index contributed by atoms with van der Waals surface area (Å²) in [5.74, 6) is 0.896. The second kappa shape index (κ2) is 7.53. The smallest absolute Gasteiger partial charge is 0.255 e. The van der Waals surface area contributed by atoms with Gasteiger partial charge in [0.2, 0.25) is 5.82 Å². The number of halogens is 2. The summed E-state index contributed by atoms with van der Waals surface area (Å²) in [5.41, 5.74) is 5.56. The van der Waals surface area contributed by atoms with Crippen molar-refractivity contribution in [2.24, 2.45) is 5.73 Å². The van der Waals surface area contributed by atoms with E-state index in [2.05, 4.69) is 10.1 Å². The minimum absolute atomic E-state index is 0. The highest BCUT2D eigenvalue weighted by atomic mass is 35.5. The van der Waals surface area contributed by atoms with Crippen LogP contribution < -0.4 is 10.5 Å². The molecule has 0 unspecified atom stereocenters. The van der Waals surface area contributed by atoms with E-state index in [9.17, 15) is 4.39 Å². The lowest BCUT2D eigenvalue weighted by Gasteiger charge is -2.07. The van der Waals surface area contributed by atoms with Gasteiger partial charge in [0.25, 0.3) is 5.89 Å². The maximum Gasteiger partial charge on any atom is 0.255 e. The van der Waals surface area contributed by atoms with E-state index >= 15 is 0 Å². The van der Waals surface area contributed by atoms with Gasteiger partial charge in [-0.2, -0.15) is 4.98 Å². The second-order valence-electron chi connectivity index (χ2n) is 4.85. The molecule has 8 heteroatoms. The number of aromatic nitrogens is 2. The van der Waals surface area contributed by atoms with Gasteiger partial charge in [-0.25, -0.2) is 4.39 Å². The summed E-state index contributed by atoms with van der Waals surface area (Å²) in [5, 5.41) is 3.83. The minimum Gasteiger partial charge on any atom is -0.485 e. The van der Waals surface area contributed by atoms with Gasteiger partial charge in [-0.15, -0.1) is 12.4 Å². The van der Waals surface area contributed by atoms with Crippen LogP contribution in [0.3, 0.4) is 0 Å². The predicted molar refractivity (Wildman–Crippen MR) is 78.2 cm³/mol. The Balaban J connectivity index is 0.00000176. The number of rotatable bonds is 5. The van der Waals surface area contributed by atoms with Crippen LogP contribution in [0.4, 0.5) is 4.39 Å². The van der Waals surface area contributed by atoms with Gasteiger partial charge in [0.05, 0.1) is 6.10 Å². The van der Waals surface area contributed by atoms with E-state index in [1.54, 1.807) is 12.1 Å². The second-order valence-corrected chi connectivity index (χ2v) is 4.85. The molecule has 6 nitrogen and oxygen atoms in total. The molecule has 3 rings (SSSR count). The molecule has 2 heterocycles. The lowest BCUT2D eigenvalue weighted by Crippen LogP contribution is -2.18. The van der Waals surface area contributed by atoms with Crippen LogP contribution in [-0.4, -0.2) is 22.8 Å².